The summed E-state index contributed by atoms with van der Waals surface area (Å²) in [6.45, 7) is 1.66. The molecule has 0 saturated heterocycles. The highest BCUT2D eigenvalue weighted by Gasteiger charge is 2.19. The van der Waals surface area contributed by atoms with E-state index < -0.39 is 0 Å². The molecule has 0 aliphatic carbocycles. The van der Waals surface area contributed by atoms with Crippen LogP contribution >= 0.6 is 11.8 Å². The summed E-state index contributed by atoms with van der Waals surface area (Å²) < 4.78 is 5.73. The van der Waals surface area contributed by atoms with Crippen LogP contribution in [0.15, 0.2) is 48.5 Å². The average molecular weight is 357 g/mol. The Kier molecular flexibility index (Phi) is 6.36. The molecule has 0 aromatic heterocycles. The molecular weight excluding hydrogens is 334 g/mol. The van der Waals surface area contributed by atoms with Crippen molar-refractivity contribution in [1.29, 1.82) is 0 Å². The summed E-state index contributed by atoms with van der Waals surface area (Å²) in [5, 5.41) is 9.30. The lowest BCUT2D eigenvalue weighted by Gasteiger charge is -2.20. The van der Waals surface area contributed by atoms with Gasteiger partial charge in [0.25, 0.3) is 0 Å². The van der Waals surface area contributed by atoms with E-state index in [-0.39, 0.29) is 12.5 Å². The standard InChI is InChI=1S/C20H23NO3S/c22-14-17-6-7-19-18(12-17)13-21(9-10-24-19)20(23)8-11-25-15-16-4-2-1-3-5-16/h1-7,12,22H,8-11,13-15H2. The minimum atomic E-state index is -0.00263. The van der Waals surface area contributed by atoms with Crippen LogP contribution in [0, 0.1) is 0 Å². The molecule has 25 heavy (non-hydrogen) atoms. The van der Waals surface area contributed by atoms with Gasteiger partial charge in [0.1, 0.15) is 12.4 Å². The first kappa shape index (κ1) is 17.8. The van der Waals surface area contributed by atoms with Gasteiger partial charge in [0.05, 0.1) is 13.2 Å². The number of hydrogen-bond acceptors (Lipinski definition) is 4. The highest BCUT2D eigenvalue weighted by Crippen LogP contribution is 2.25. The Balaban J connectivity index is 1.51. The van der Waals surface area contributed by atoms with Gasteiger partial charge in [0.15, 0.2) is 0 Å². The van der Waals surface area contributed by atoms with Crippen LogP contribution in [0.1, 0.15) is 23.1 Å². The molecule has 5 heteroatoms. The second-order valence-electron chi connectivity index (χ2n) is 6.05. The molecule has 0 fully saturated rings. The van der Waals surface area contributed by atoms with Crippen molar-refractivity contribution in [2.75, 3.05) is 18.9 Å². The lowest BCUT2D eigenvalue weighted by molar-refractivity contribution is -0.131. The van der Waals surface area contributed by atoms with Gasteiger partial charge in [-0.3, -0.25) is 4.79 Å². The zero-order valence-corrected chi connectivity index (χ0v) is 15.0. The largest absolute Gasteiger partial charge is 0.491 e. The topological polar surface area (TPSA) is 49.8 Å². The Bertz CT molecular complexity index is 705. The number of nitrogens with zero attached hydrogens (tertiary/aromatic N) is 1. The molecule has 0 bridgehead atoms. The third kappa shape index (κ3) is 5.00. The number of carbonyl (C=O) groups is 1. The molecule has 4 nitrogen and oxygen atoms in total. The van der Waals surface area contributed by atoms with Gasteiger partial charge in [-0.1, -0.05) is 36.4 Å². The van der Waals surface area contributed by atoms with Crippen molar-refractivity contribution in [3.63, 3.8) is 0 Å². The molecule has 0 atom stereocenters. The average Bonchev–Trinajstić information content (AvgIpc) is 2.87. The molecule has 0 spiro atoms. The predicted octanol–water partition coefficient (Wildman–Crippen LogP) is 3.22. The maximum Gasteiger partial charge on any atom is 0.223 e. The van der Waals surface area contributed by atoms with Gasteiger partial charge >= 0.3 is 0 Å². The van der Waals surface area contributed by atoms with E-state index in [0.717, 1.165) is 28.4 Å². The van der Waals surface area contributed by atoms with Crippen LogP contribution in [0.2, 0.25) is 0 Å². The molecule has 1 N–H and O–H groups in total. The highest BCUT2D eigenvalue weighted by atomic mass is 32.2. The number of fused-ring (bicyclic) bond motifs is 1. The summed E-state index contributed by atoms with van der Waals surface area (Å²) in [6, 6.07) is 16.0. The van der Waals surface area contributed by atoms with Gasteiger partial charge in [-0.2, -0.15) is 11.8 Å². The van der Waals surface area contributed by atoms with E-state index in [1.165, 1.54) is 5.56 Å². The van der Waals surface area contributed by atoms with Crippen molar-refractivity contribution in [1.82, 2.24) is 4.90 Å². The molecule has 132 valence electrons. The number of aliphatic hydroxyl groups excluding tert-OH is 1. The summed E-state index contributed by atoms with van der Waals surface area (Å²) in [5.74, 6) is 2.71. The van der Waals surface area contributed by atoms with E-state index in [1.807, 2.05) is 41.3 Å². The first-order valence-corrected chi connectivity index (χ1v) is 9.66. The summed E-state index contributed by atoms with van der Waals surface area (Å²) >= 11 is 1.78. The van der Waals surface area contributed by atoms with Gasteiger partial charge in [-0.05, 0) is 23.3 Å². The Morgan fingerprint density at radius 2 is 2.00 bits per heavy atom. The van der Waals surface area contributed by atoms with Crippen molar-refractivity contribution in [2.45, 2.75) is 25.3 Å². The molecule has 1 amide bonds. The number of ether oxygens (including phenoxy) is 1. The normalized spacial score (nSPS) is 13.7. The molecule has 1 aliphatic heterocycles. The van der Waals surface area contributed by atoms with Crippen molar-refractivity contribution in [2.24, 2.45) is 0 Å². The fourth-order valence-electron chi connectivity index (χ4n) is 2.84. The lowest BCUT2D eigenvalue weighted by atomic mass is 10.1. The SMILES string of the molecule is O=C(CCSCc1ccccc1)N1CCOc2ccc(CO)cc2C1. The molecule has 2 aromatic rings. The molecule has 2 aromatic carbocycles. The zero-order valence-electron chi connectivity index (χ0n) is 14.2. The minimum Gasteiger partial charge on any atom is -0.491 e. The van der Waals surface area contributed by atoms with Crippen molar-refractivity contribution < 1.29 is 14.6 Å². The second-order valence-corrected chi connectivity index (χ2v) is 7.16. The van der Waals surface area contributed by atoms with Gasteiger partial charge in [0, 0.05) is 30.0 Å². The Morgan fingerprint density at radius 1 is 1.16 bits per heavy atom. The Morgan fingerprint density at radius 3 is 2.80 bits per heavy atom. The van der Waals surface area contributed by atoms with E-state index in [2.05, 4.69) is 12.1 Å². The lowest BCUT2D eigenvalue weighted by Crippen LogP contribution is -2.32. The summed E-state index contributed by atoms with van der Waals surface area (Å²) in [6.07, 6.45) is 0.534. The second kappa shape index (κ2) is 8.92. The van der Waals surface area contributed by atoms with Crippen molar-refractivity contribution in [3.05, 3.63) is 65.2 Å². The maximum atomic E-state index is 12.5. The van der Waals surface area contributed by atoms with Gasteiger partial charge in [-0.15, -0.1) is 0 Å². The molecule has 0 saturated carbocycles. The molecular formula is C20H23NO3S. The molecule has 0 radical (unpaired) electrons. The minimum absolute atomic E-state index is 0.00263. The fourth-order valence-corrected chi connectivity index (χ4v) is 3.73. The van der Waals surface area contributed by atoms with Crippen LogP contribution in [0.25, 0.3) is 0 Å². The van der Waals surface area contributed by atoms with E-state index >= 15 is 0 Å². The van der Waals surface area contributed by atoms with Crippen LogP contribution in [0.5, 0.6) is 5.75 Å². The van der Waals surface area contributed by atoms with Crippen molar-refractivity contribution in [3.8, 4) is 5.75 Å². The first-order chi connectivity index (χ1) is 12.3. The van der Waals surface area contributed by atoms with E-state index in [0.29, 0.717) is 26.1 Å². The predicted molar refractivity (Wildman–Crippen MR) is 100 cm³/mol. The third-order valence-corrected chi connectivity index (χ3v) is 5.24. The number of benzene rings is 2. The van der Waals surface area contributed by atoms with Crippen LogP contribution in [0.4, 0.5) is 0 Å². The van der Waals surface area contributed by atoms with Gasteiger partial charge < -0.3 is 14.7 Å². The Labute approximate surface area is 152 Å². The smallest absolute Gasteiger partial charge is 0.223 e. The van der Waals surface area contributed by atoms with Crippen LogP contribution in [-0.4, -0.2) is 34.8 Å². The monoisotopic (exact) mass is 357 g/mol. The number of thioether (sulfide) groups is 1. The summed E-state index contributed by atoms with van der Waals surface area (Å²) in [7, 11) is 0. The molecule has 0 unspecified atom stereocenters. The fraction of sp³-hybridized carbons (Fsp3) is 0.350. The first-order valence-electron chi connectivity index (χ1n) is 8.51. The number of aliphatic hydroxyl groups is 1. The van der Waals surface area contributed by atoms with E-state index in [1.54, 1.807) is 11.8 Å². The van der Waals surface area contributed by atoms with Crippen LogP contribution in [0.3, 0.4) is 0 Å². The van der Waals surface area contributed by atoms with Crippen LogP contribution in [-0.2, 0) is 23.7 Å². The quantitative estimate of drug-likeness (QED) is 0.807. The molecule has 3 rings (SSSR count). The number of amides is 1. The maximum absolute atomic E-state index is 12.5. The number of carbonyl (C=O) groups excluding carboxylic acids is 1. The molecule has 1 aliphatic rings. The van der Waals surface area contributed by atoms with Crippen molar-refractivity contribution >= 4 is 17.7 Å². The van der Waals surface area contributed by atoms with Gasteiger partial charge in [-0.25, -0.2) is 0 Å². The Hall–Kier alpha value is -1.98. The third-order valence-electron chi connectivity index (χ3n) is 4.21. The van der Waals surface area contributed by atoms with Gasteiger partial charge in [0.2, 0.25) is 5.91 Å². The van der Waals surface area contributed by atoms with E-state index in [9.17, 15) is 9.90 Å². The summed E-state index contributed by atoms with van der Waals surface area (Å²) in [4.78, 5) is 14.4. The van der Waals surface area contributed by atoms with Crippen LogP contribution < -0.4 is 4.74 Å². The number of hydrogen-bond donors (Lipinski definition) is 1. The highest BCUT2D eigenvalue weighted by molar-refractivity contribution is 7.98. The molecule has 1 heterocycles. The van der Waals surface area contributed by atoms with E-state index in [4.69, 9.17) is 4.74 Å². The summed E-state index contributed by atoms with van der Waals surface area (Å²) in [5.41, 5.74) is 3.10. The zero-order chi connectivity index (χ0) is 17.5. The number of rotatable bonds is 6.